The molecule has 2 heterocycles. The SMILES string of the molecule is CCOC(=O)c1ccc(NC(=O)N2CCC[C@@H]2c2nnc(C(=O)Nc3ccc(C)cc3)s2)cc1. The van der Waals surface area contributed by atoms with Crippen LogP contribution in [0.3, 0.4) is 0 Å². The number of hydrogen-bond donors (Lipinski definition) is 2. The molecule has 3 amide bonds. The van der Waals surface area contributed by atoms with Crippen molar-refractivity contribution in [2.45, 2.75) is 32.7 Å². The van der Waals surface area contributed by atoms with Crippen molar-refractivity contribution in [1.29, 1.82) is 0 Å². The molecule has 3 aromatic rings. The van der Waals surface area contributed by atoms with Gasteiger partial charge in [-0.1, -0.05) is 29.0 Å². The lowest BCUT2D eigenvalue weighted by atomic mass is 10.2. The summed E-state index contributed by atoms with van der Waals surface area (Å²) in [5.41, 5.74) is 2.78. The Balaban J connectivity index is 1.39. The zero-order valence-corrected chi connectivity index (χ0v) is 19.7. The van der Waals surface area contributed by atoms with E-state index in [-0.39, 0.29) is 23.0 Å². The van der Waals surface area contributed by atoms with E-state index in [0.29, 0.717) is 35.1 Å². The van der Waals surface area contributed by atoms with Crippen molar-refractivity contribution in [3.8, 4) is 0 Å². The number of aromatic nitrogens is 2. The number of likely N-dealkylation sites (tertiary alicyclic amines) is 1. The molecule has 34 heavy (non-hydrogen) atoms. The van der Waals surface area contributed by atoms with Crippen molar-refractivity contribution in [3.05, 3.63) is 69.7 Å². The summed E-state index contributed by atoms with van der Waals surface area (Å²) in [5, 5.41) is 14.8. The number of anilines is 2. The number of nitrogens with one attached hydrogen (secondary N) is 2. The molecule has 0 unspecified atom stereocenters. The summed E-state index contributed by atoms with van der Waals surface area (Å²) in [4.78, 5) is 39.0. The predicted octanol–water partition coefficient (Wildman–Crippen LogP) is 4.64. The minimum atomic E-state index is -0.404. The molecule has 2 N–H and O–H groups in total. The molecule has 0 bridgehead atoms. The normalized spacial score (nSPS) is 15.1. The summed E-state index contributed by atoms with van der Waals surface area (Å²) in [7, 11) is 0. The summed E-state index contributed by atoms with van der Waals surface area (Å²) in [6.07, 6.45) is 1.56. The zero-order chi connectivity index (χ0) is 24.1. The number of ether oxygens (including phenoxy) is 1. The summed E-state index contributed by atoms with van der Waals surface area (Å²) in [5.74, 6) is -0.734. The van der Waals surface area contributed by atoms with Gasteiger partial charge in [0, 0.05) is 17.9 Å². The van der Waals surface area contributed by atoms with Gasteiger partial charge in [0.05, 0.1) is 18.2 Å². The van der Waals surface area contributed by atoms with Crippen molar-refractivity contribution in [2.75, 3.05) is 23.8 Å². The van der Waals surface area contributed by atoms with E-state index in [4.69, 9.17) is 4.74 Å². The van der Waals surface area contributed by atoms with E-state index in [1.54, 1.807) is 36.1 Å². The van der Waals surface area contributed by atoms with E-state index in [9.17, 15) is 14.4 Å². The first kappa shape index (κ1) is 23.4. The maximum absolute atomic E-state index is 12.9. The minimum absolute atomic E-state index is 0.248. The van der Waals surface area contributed by atoms with Gasteiger partial charge in [0.25, 0.3) is 5.91 Å². The highest BCUT2D eigenvalue weighted by atomic mass is 32.1. The molecule has 1 aliphatic rings. The van der Waals surface area contributed by atoms with Gasteiger partial charge in [0.15, 0.2) is 0 Å². The molecule has 2 aromatic carbocycles. The van der Waals surface area contributed by atoms with E-state index in [1.165, 1.54) is 11.3 Å². The molecule has 0 saturated carbocycles. The standard InChI is InChI=1S/C24H25N5O4S/c1-3-33-23(31)16-8-12-18(13-9-16)26-24(32)29-14-4-5-19(29)21-27-28-22(34-21)20(30)25-17-10-6-15(2)7-11-17/h6-13,19H,3-5,14H2,1-2H3,(H,25,30)(H,26,32)/t19-/m1/s1. The Morgan fingerprint density at radius 1 is 1.03 bits per heavy atom. The van der Waals surface area contributed by atoms with Gasteiger partial charge in [-0.05, 0) is 63.1 Å². The van der Waals surface area contributed by atoms with Crippen molar-refractivity contribution in [3.63, 3.8) is 0 Å². The highest BCUT2D eigenvalue weighted by Crippen LogP contribution is 2.34. The van der Waals surface area contributed by atoms with Crippen LogP contribution in [0.25, 0.3) is 0 Å². The first-order valence-corrected chi connectivity index (χ1v) is 11.8. The first-order chi connectivity index (χ1) is 16.4. The van der Waals surface area contributed by atoms with Gasteiger partial charge in [-0.25, -0.2) is 9.59 Å². The number of aryl methyl sites for hydroxylation is 1. The Bertz CT molecular complexity index is 1180. The third kappa shape index (κ3) is 5.40. The molecule has 0 spiro atoms. The Morgan fingerprint density at radius 2 is 1.71 bits per heavy atom. The van der Waals surface area contributed by atoms with Crippen LogP contribution >= 0.6 is 11.3 Å². The van der Waals surface area contributed by atoms with Gasteiger partial charge in [0.1, 0.15) is 5.01 Å². The molecular formula is C24H25N5O4S. The van der Waals surface area contributed by atoms with Crippen LogP contribution in [0, 0.1) is 6.92 Å². The molecule has 0 aliphatic carbocycles. The molecule has 1 aromatic heterocycles. The third-order valence-corrected chi connectivity index (χ3v) is 6.41. The van der Waals surface area contributed by atoms with Crippen molar-refractivity contribution in [2.24, 2.45) is 0 Å². The van der Waals surface area contributed by atoms with Gasteiger partial charge in [-0.2, -0.15) is 0 Å². The molecule has 176 valence electrons. The van der Waals surface area contributed by atoms with Crippen LogP contribution in [0.5, 0.6) is 0 Å². The van der Waals surface area contributed by atoms with E-state index in [2.05, 4.69) is 20.8 Å². The van der Waals surface area contributed by atoms with Gasteiger partial charge in [-0.3, -0.25) is 4.79 Å². The molecule has 1 aliphatic heterocycles. The van der Waals surface area contributed by atoms with Gasteiger partial charge in [0.2, 0.25) is 5.01 Å². The fourth-order valence-electron chi connectivity index (χ4n) is 3.65. The number of carbonyl (C=O) groups is 3. The van der Waals surface area contributed by atoms with Gasteiger partial charge in [-0.15, -0.1) is 10.2 Å². The van der Waals surface area contributed by atoms with Gasteiger partial charge < -0.3 is 20.3 Å². The second kappa shape index (κ2) is 10.4. The Morgan fingerprint density at radius 3 is 2.41 bits per heavy atom. The molecule has 10 heteroatoms. The number of nitrogens with zero attached hydrogens (tertiary/aromatic N) is 3. The third-order valence-electron chi connectivity index (χ3n) is 5.39. The number of carbonyl (C=O) groups excluding carboxylic acids is 3. The second-order valence-electron chi connectivity index (χ2n) is 7.84. The van der Waals surface area contributed by atoms with Crippen LogP contribution in [0.2, 0.25) is 0 Å². The van der Waals surface area contributed by atoms with Crippen molar-refractivity contribution < 1.29 is 19.1 Å². The zero-order valence-electron chi connectivity index (χ0n) is 18.9. The second-order valence-corrected chi connectivity index (χ2v) is 8.85. The lowest BCUT2D eigenvalue weighted by Gasteiger charge is -2.23. The molecule has 0 radical (unpaired) electrons. The number of amides is 3. The summed E-state index contributed by atoms with van der Waals surface area (Å²) in [6.45, 7) is 4.59. The Kier molecular flexibility index (Phi) is 7.17. The van der Waals surface area contributed by atoms with E-state index in [1.807, 2.05) is 31.2 Å². The Labute approximate surface area is 201 Å². The van der Waals surface area contributed by atoms with Crippen LogP contribution in [0.4, 0.5) is 16.2 Å². The van der Waals surface area contributed by atoms with Crippen molar-refractivity contribution >= 4 is 40.6 Å². The number of esters is 1. The topological polar surface area (TPSA) is 114 Å². The number of hydrogen-bond acceptors (Lipinski definition) is 7. The highest BCUT2D eigenvalue weighted by molar-refractivity contribution is 7.13. The predicted molar refractivity (Wildman–Crippen MR) is 129 cm³/mol. The van der Waals surface area contributed by atoms with Crippen molar-refractivity contribution in [1.82, 2.24) is 15.1 Å². The summed E-state index contributed by atoms with van der Waals surface area (Å²) >= 11 is 1.19. The first-order valence-electron chi connectivity index (χ1n) is 11.0. The summed E-state index contributed by atoms with van der Waals surface area (Å²) < 4.78 is 4.98. The van der Waals surface area contributed by atoms with E-state index >= 15 is 0 Å². The molecular weight excluding hydrogens is 454 g/mol. The lowest BCUT2D eigenvalue weighted by molar-refractivity contribution is 0.0526. The van der Waals surface area contributed by atoms with Crippen LogP contribution in [0.1, 0.15) is 56.5 Å². The van der Waals surface area contributed by atoms with E-state index in [0.717, 1.165) is 18.4 Å². The maximum Gasteiger partial charge on any atom is 0.338 e. The molecule has 1 fully saturated rings. The average Bonchev–Trinajstić information content (AvgIpc) is 3.51. The maximum atomic E-state index is 12.9. The monoisotopic (exact) mass is 479 g/mol. The van der Waals surface area contributed by atoms with E-state index < -0.39 is 5.97 Å². The van der Waals surface area contributed by atoms with Crippen LogP contribution < -0.4 is 10.6 Å². The number of rotatable bonds is 6. The van der Waals surface area contributed by atoms with Gasteiger partial charge >= 0.3 is 12.0 Å². The largest absolute Gasteiger partial charge is 0.462 e. The highest BCUT2D eigenvalue weighted by Gasteiger charge is 2.33. The number of urea groups is 1. The van der Waals surface area contributed by atoms with Crippen LogP contribution in [-0.2, 0) is 4.74 Å². The summed E-state index contributed by atoms with van der Waals surface area (Å²) in [6, 6.07) is 13.5. The Hall–Kier alpha value is -3.79. The molecule has 4 rings (SSSR count). The lowest BCUT2D eigenvalue weighted by Crippen LogP contribution is -2.34. The van der Waals surface area contributed by atoms with Crippen LogP contribution in [0.15, 0.2) is 48.5 Å². The fourth-order valence-corrected chi connectivity index (χ4v) is 4.53. The molecule has 1 saturated heterocycles. The number of benzene rings is 2. The molecule has 1 atom stereocenters. The smallest absolute Gasteiger partial charge is 0.338 e. The minimum Gasteiger partial charge on any atom is -0.462 e. The van der Waals surface area contributed by atoms with Crippen LogP contribution in [-0.4, -0.2) is 46.2 Å². The quantitative estimate of drug-likeness (QED) is 0.498. The fraction of sp³-hybridized carbons (Fsp3) is 0.292. The average molecular weight is 480 g/mol. The molecule has 9 nitrogen and oxygen atoms in total.